The number of amides is 2. The molecule has 2 N–H and O–H groups in total. The molecule has 0 radical (unpaired) electrons. The van der Waals surface area contributed by atoms with Crippen LogP contribution in [0.3, 0.4) is 0 Å². The maximum atomic E-state index is 12.0. The molecule has 0 saturated carbocycles. The number of piperidine rings is 1. The van der Waals surface area contributed by atoms with Gasteiger partial charge in [0.2, 0.25) is 0 Å². The van der Waals surface area contributed by atoms with Gasteiger partial charge in [0.05, 0.1) is 0 Å². The van der Waals surface area contributed by atoms with E-state index in [9.17, 15) is 9.59 Å². The van der Waals surface area contributed by atoms with Crippen molar-refractivity contribution >= 4 is 12.0 Å². The number of carbonyl (C=O) groups excluding carboxylic acids is 1. The Morgan fingerprint density at radius 3 is 2.35 bits per heavy atom. The molecular formula is C15H28N2O3. The van der Waals surface area contributed by atoms with E-state index in [4.69, 9.17) is 5.11 Å². The van der Waals surface area contributed by atoms with E-state index >= 15 is 0 Å². The van der Waals surface area contributed by atoms with Crippen LogP contribution in [0.15, 0.2) is 0 Å². The fourth-order valence-corrected chi connectivity index (χ4v) is 2.41. The van der Waals surface area contributed by atoms with Crippen LogP contribution in [0.25, 0.3) is 0 Å². The zero-order valence-electron chi connectivity index (χ0n) is 12.9. The van der Waals surface area contributed by atoms with Crippen LogP contribution in [0.5, 0.6) is 0 Å². The first-order valence-corrected chi connectivity index (χ1v) is 7.52. The Morgan fingerprint density at radius 1 is 1.25 bits per heavy atom. The van der Waals surface area contributed by atoms with Crippen LogP contribution in [-0.2, 0) is 4.79 Å². The summed E-state index contributed by atoms with van der Waals surface area (Å²) < 4.78 is 0. The van der Waals surface area contributed by atoms with Crippen LogP contribution in [-0.4, -0.2) is 41.6 Å². The van der Waals surface area contributed by atoms with Crippen molar-refractivity contribution in [3.63, 3.8) is 0 Å². The topological polar surface area (TPSA) is 69.6 Å². The predicted molar refractivity (Wildman–Crippen MR) is 78.6 cm³/mol. The summed E-state index contributed by atoms with van der Waals surface area (Å²) in [6, 6.07) is 0.0194. The van der Waals surface area contributed by atoms with Crippen molar-refractivity contribution < 1.29 is 14.7 Å². The molecule has 0 aliphatic carbocycles. The zero-order valence-corrected chi connectivity index (χ0v) is 12.9. The summed E-state index contributed by atoms with van der Waals surface area (Å²) in [5.74, 6) is -0.280. The van der Waals surface area contributed by atoms with Crippen molar-refractivity contribution in [3.05, 3.63) is 0 Å². The average molecular weight is 284 g/mol. The average Bonchev–Trinajstić information content (AvgIpc) is 2.35. The SMILES string of the molecule is CC(C)(C)CCNC(=O)N1CCC(CCC(=O)O)CC1. The van der Waals surface area contributed by atoms with Crippen molar-refractivity contribution in [1.29, 1.82) is 0 Å². The second-order valence-corrected chi connectivity index (χ2v) is 6.91. The van der Waals surface area contributed by atoms with Crippen LogP contribution < -0.4 is 5.32 Å². The van der Waals surface area contributed by atoms with Gasteiger partial charge in [0.1, 0.15) is 0 Å². The highest BCUT2D eigenvalue weighted by molar-refractivity contribution is 5.74. The lowest BCUT2D eigenvalue weighted by Gasteiger charge is -2.32. The summed E-state index contributed by atoms with van der Waals surface area (Å²) >= 11 is 0. The zero-order chi connectivity index (χ0) is 15.2. The Kier molecular flexibility index (Phi) is 6.30. The highest BCUT2D eigenvalue weighted by Crippen LogP contribution is 2.22. The third-order valence-corrected chi connectivity index (χ3v) is 3.82. The lowest BCUT2D eigenvalue weighted by molar-refractivity contribution is -0.137. The molecule has 1 fully saturated rings. The number of nitrogens with one attached hydrogen (secondary N) is 1. The normalized spacial score (nSPS) is 17.1. The lowest BCUT2D eigenvalue weighted by Crippen LogP contribution is -2.45. The molecule has 20 heavy (non-hydrogen) atoms. The summed E-state index contributed by atoms with van der Waals surface area (Å²) in [5, 5.41) is 11.6. The second kappa shape index (κ2) is 7.50. The second-order valence-electron chi connectivity index (χ2n) is 6.91. The number of urea groups is 1. The van der Waals surface area contributed by atoms with E-state index in [1.165, 1.54) is 0 Å². The third kappa shape index (κ3) is 6.78. The van der Waals surface area contributed by atoms with Gasteiger partial charge in [0, 0.05) is 26.1 Å². The van der Waals surface area contributed by atoms with Gasteiger partial charge < -0.3 is 15.3 Å². The number of hydrogen-bond donors (Lipinski definition) is 2. The number of nitrogens with zero attached hydrogens (tertiary/aromatic N) is 1. The van der Waals surface area contributed by atoms with E-state index in [-0.39, 0.29) is 17.9 Å². The third-order valence-electron chi connectivity index (χ3n) is 3.82. The molecule has 1 heterocycles. The number of aliphatic carboxylic acids is 1. The highest BCUT2D eigenvalue weighted by atomic mass is 16.4. The van der Waals surface area contributed by atoms with E-state index in [0.717, 1.165) is 38.8 Å². The number of rotatable bonds is 5. The summed E-state index contributed by atoms with van der Waals surface area (Å²) in [5.41, 5.74) is 0.233. The molecule has 0 unspecified atom stereocenters. The Hall–Kier alpha value is -1.26. The molecule has 1 aliphatic rings. The van der Waals surface area contributed by atoms with E-state index < -0.39 is 5.97 Å². The Labute approximate surface area is 121 Å². The fourth-order valence-electron chi connectivity index (χ4n) is 2.41. The molecule has 5 heteroatoms. The molecule has 0 aromatic carbocycles. The van der Waals surface area contributed by atoms with Crippen LogP contribution in [0.2, 0.25) is 0 Å². The van der Waals surface area contributed by atoms with Gasteiger partial charge in [-0.1, -0.05) is 20.8 Å². The number of hydrogen-bond acceptors (Lipinski definition) is 2. The molecule has 1 rings (SSSR count). The van der Waals surface area contributed by atoms with Crippen LogP contribution in [0.4, 0.5) is 4.79 Å². The molecule has 1 aliphatic heterocycles. The maximum Gasteiger partial charge on any atom is 0.317 e. The number of carboxylic acids is 1. The van der Waals surface area contributed by atoms with Crippen LogP contribution in [0.1, 0.15) is 52.9 Å². The van der Waals surface area contributed by atoms with Gasteiger partial charge in [-0.2, -0.15) is 0 Å². The Bertz CT molecular complexity index is 329. The van der Waals surface area contributed by atoms with Gasteiger partial charge >= 0.3 is 12.0 Å². The fraction of sp³-hybridized carbons (Fsp3) is 0.867. The minimum Gasteiger partial charge on any atom is -0.481 e. The first-order chi connectivity index (χ1) is 9.28. The molecule has 2 amide bonds. The largest absolute Gasteiger partial charge is 0.481 e. The van der Waals surface area contributed by atoms with Crippen molar-refractivity contribution in [1.82, 2.24) is 10.2 Å². The molecular weight excluding hydrogens is 256 g/mol. The standard InChI is InChI=1S/C15H28N2O3/c1-15(2,3)8-9-16-14(20)17-10-6-12(7-11-17)4-5-13(18)19/h12H,4-11H2,1-3H3,(H,16,20)(H,18,19). The van der Waals surface area contributed by atoms with Gasteiger partial charge in [-0.05, 0) is 37.0 Å². The smallest absolute Gasteiger partial charge is 0.317 e. The molecule has 0 aromatic rings. The molecule has 5 nitrogen and oxygen atoms in total. The minimum absolute atomic E-state index is 0.0194. The molecule has 0 bridgehead atoms. The minimum atomic E-state index is -0.729. The molecule has 116 valence electrons. The number of likely N-dealkylation sites (tertiary alicyclic amines) is 1. The maximum absolute atomic E-state index is 12.0. The van der Waals surface area contributed by atoms with Crippen molar-refractivity contribution in [2.45, 2.75) is 52.9 Å². The van der Waals surface area contributed by atoms with Crippen molar-refractivity contribution in [2.24, 2.45) is 11.3 Å². The van der Waals surface area contributed by atoms with Crippen LogP contribution in [0, 0.1) is 11.3 Å². The lowest BCUT2D eigenvalue weighted by atomic mass is 9.92. The van der Waals surface area contributed by atoms with Gasteiger partial charge in [-0.3, -0.25) is 4.79 Å². The van der Waals surface area contributed by atoms with Gasteiger partial charge in [0.25, 0.3) is 0 Å². The van der Waals surface area contributed by atoms with E-state index in [1.807, 2.05) is 4.90 Å². The monoisotopic (exact) mass is 284 g/mol. The Balaban J connectivity index is 2.20. The van der Waals surface area contributed by atoms with Gasteiger partial charge in [-0.15, -0.1) is 0 Å². The summed E-state index contributed by atoms with van der Waals surface area (Å²) in [7, 11) is 0. The van der Waals surface area contributed by atoms with Gasteiger partial charge in [0.15, 0.2) is 0 Å². The first kappa shape index (κ1) is 16.8. The number of carboxylic acid groups (broad SMARTS) is 1. The number of carbonyl (C=O) groups is 2. The van der Waals surface area contributed by atoms with E-state index in [1.54, 1.807) is 0 Å². The quantitative estimate of drug-likeness (QED) is 0.815. The van der Waals surface area contributed by atoms with Crippen molar-refractivity contribution in [3.8, 4) is 0 Å². The molecule has 0 spiro atoms. The van der Waals surface area contributed by atoms with E-state index in [2.05, 4.69) is 26.1 Å². The predicted octanol–water partition coefficient (Wildman–Crippen LogP) is 2.71. The Morgan fingerprint density at radius 2 is 1.85 bits per heavy atom. The highest BCUT2D eigenvalue weighted by Gasteiger charge is 2.23. The summed E-state index contributed by atoms with van der Waals surface area (Å²) in [6.45, 7) is 8.67. The molecule has 1 saturated heterocycles. The summed E-state index contributed by atoms with van der Waals surface area (Å²) in [6.07, 6.45) is 3.77. The molecule has 0 aromatic heterocycles. The van der Waals surface area contributed by atoms with Gasteiger partial charge in [-0.25, -0.2) is 4.79 Å². The first-order valence-electron chi connectivity index (χ1n) is 7.52. The summed E-state index contributed by atoms with van der Waals surface area (Å²) in [4.78, 5) is 24.4. The molecule has 0 atom stereocenters. The van der Waals surface area contributed by atoms with Crippen molar-refractivity contribution in [2.75, 3.05) is 19.6 Å². The van der Waals surface area contributed by atoms with E-state index in [0.29, 0.717) is 12.5 Å². The van der Waals surface area contributed by atoms with Crippen LogP contribution >= 0.6 is 0 Å².